The Morgan fingerprint density at radius 1 is 1.22 bits per heavy atom. The number of aromatic nitrogens is 2. The molecule has 198 valence electrons. The Kier molecular flexibility index (Phi) is 7.49. The van der Waals surface area contributed by atoms with E-state index in [0.717, 1.165) is 65.9 Å². The molecule has 2 aromatic rings. The number of rotatable bonds is 6. The normalized spacial score (nSPS) is 20.1. The maximum Gasteiger partial charge on any atom is 0.407 e. The third-order valence-electron chi connectivity index (χ3n) is 6.93. The van der Waals surface area contributed by atoms with E-state index < -0.39 is 5.60 Å². The molecule has 2 aliphatic rings. The first kappa shape index (κ1) is 26.5. The van der Waals surface area contributed by atoms with Gasteiger partial charge < -0.3 is 25.8 Å². The standard InChI is InChI=1S/C28H38N6O3/c1-27(2,3)37-26(35)34-17-7-9-18(10-8-17)36-21-12-11-19-20(23(21)31-14-6-13-29)15-28(4,5)22-24(19)32-16-33-25(22)30/h11-12,16-18,31H,6-10,14-15H2,1-5H3,(H,34,35)(H2,30,32,33). The number of nitrogens with one attached hydrogen (secondary N) is 2. The van der Waals surface area contributed by atoms with Gasteiger partial charge in [-0.2, -0.15) is 5.26 Å². The van der Waals surface area contributed by atoms with Crippen LogP contribution in [0.2, 0.25) is 0 Å². The molecule has 37 heavy (non-hydrogen) atoms. The molecule has 1 aromatic carbocycles. The van der Waals surface area contributed by atoms with E-state index in [0.29, 0.717) is 18.8 Å². The number of fused-ring (bicyclic) bond motifs is 3. The summed E-state index contributed by atoms with van der Waals surface area (Å²) in [6.45, 7) is 10.4. The third-order valence-corrected chi connectivity index (χ3v) is 6.93. The molecule has 9 heteroatoms. The number of alkyl carbamates (subject to hydrolysis) is 1. The van der Waals surface area contributed by atoms with E-state index in [9.17, 15) is 4.79 Å². The summed E-state index contributed by atoms with van der Waals surface area (Å²) in [5, 5.41) is 15.6. The van der Waals surface area contributed by atoms with Crippen molar-refractivity contribution in [2.24, 2.45) is 0 Å². The van der Waals surface area contributed by atoms with Crippen LogP contribution >= 0.6 is 0 Å². The van der Waals surface area contributed by atoms with Gasteiger partial charge in [-0.3, -0.25) is 0 Å². The molecule has 0 unspecified atom stereocenters. The van der Waals surface area contributed by atoms with Crippen molar-refractivity contribution in [3.8, 4) is 23.1 Å². The van der Waals surface area contributed by atoms with E-state index >= 15 is 0 Å². The second-order valence-corrected chi connectivity index (χ2v) is 11.6. The number of hydrogen-bond acceptors (Lipinski definition) is 8. The molecule has 0 spiro atoms. The zero-order valence-corrected chi connectivity index (χ0v) is 22.5. The van der Waals surface area contributed by atoms with Crippen LogP contribution in [-0.4, -0.2) is 40.4 Å². The van der Waals surface area contributed by atoms with Crippen LogP contribution in [-0.2, 0) is 16.6 Å². The molecule has 4 rings (SSSR count). The Labute approximate surface area is 219 Å². The van der Waals surface area contributed by atoms with Crippen molar-refractivity contribution in [3.63, 3.8) is 0 Å². The summed E-state index contributed by atoms with van der Waals surface area (Å²) < 4.78 is 11.9. The number of nitrogens with two attached hydrogens (primary N) is 1. The van der Waals surface area contributed by atoms with Gasteiger partial charge in [-0.05, 0) is 76.0 Å². The number of carbonyl (C=O) groups is 1. The first-order chi connectivity index (χ1) is 17.5. The fourth-order valence-electron chi connectivity index (χ4n) is 5.35. The molecule has 0 saturated heterocycles. The van der Waals surface area contributed by atoms with Gasteiger partial charge in [-0.15, -0.1) is 0 Å². The van der Waals surface area contributed by atoms with Gasteiger partial charge in [0.05, 0.1) is 30.0 Å². The van der Waals surface area contributed by atoms with Crippen LogP contribution in [0.25, 0.3) is 11.3 Å². The van der Waals surface area contributed by atoms with Crippen LogP contribution in [0, 0.1) is 11.3 Å². The zero-order chi connectivity index (χ0) is 26.8. The molecule has 1 fully saturated rings. The number of hydrogen-bond donors (Lipinski definition) is 3. The molecule has 1 amide bonds. The average molecular weight is 507 g/mol. The van der Waals surface area contributed by atoms with Gasteiger partial charge in [0, 0.05) is 23.7 Å². The van der Waals surface area contributed by atoms with Gasteiger partial charge in [0.15, 0.2) is 0 Å². The van der Waals surface area contributed by atoms with Crippen LogP contribution in [0.3, 0.4) is 0 Å². The van der Waals surface area contributed by atoms with Crippen LogP contribution in [0.15, 0.2) is 18.5 Å². The molecule has 0 aliphatic heterocycles. The van der Waals surface area contributed by atoms with Crippen molar-refractivity contribution in [1.29, 1.82) is 5.26 Å². The quantitative estimate of drug-likeness (QED) is 0.461. The highest BCUT2D eigenvalue weighted by Crippen LogP contribution is 2.48. The Balaban J connectivity index is 1.54. The van der Waals surface area contributed by atoms with E-state index in [-0.39, 0.29) is 23.7 Å². The lowest BCUT2D eigenvalue weighted by Gasteiger charge is -2.36. The molecule has 1 heterocycles. The van der Waals surface area contributed by atoms with Crippen molar-refractivity contribution in [1.82, 2.24) is 15.3 Å². The minimum atomic E-state index is -0.515. The SMILES string of the molecule is CC(C)(C)OC(=O)NC1CCC(Oc2ccc3c(c2NCCC#N)CC(C)(C)c2c(N)ncnc2-3)CC1. The van der Waals surface area contributed by atoms with Gasteiger partial charge >= 0.3 is 6.09 Å². The number of nitrogens with zero attached hydrogens (tertiary/aromatic N) is 3. The average Bonchev–Trinajstić information content (AvgIpc) is 2.80. The Morgan fingerprint density at radius 3 is 2.62 bits per heavy atom. The summed E-state index contributed by atoms with van der Waals surface area (Å²) in [4.78, 5) is 21.0. The van der Waals surface area contributed by atoms with Gasteiger partial charge in [-0.1, -0.05) is 13.8 Å². The highest BCUT2D eigenvalue weighted by atomic mass is 16.6. The Morgan fingerprint density at radius 2 is 1.95 bits per heavy atom. The highest BCUT2D eigenvalue weighted by molar-refractivity contribution is 5.82. The molecular formula is C28H38N6O3. The van der Waals surface area contributed by atoms with Crippen molar-refractivity contribution in [2.75, 3.05) is 17.6 Å². The zero-order valence-electron chi connectivity index (χ0n) is 22.5. The summed E-state index contributed by atoms with van der Waals surface area (Å²) in [5.41, 5.74) is 10.4. The van der Waals surface area contributed by atoms with Crippen LogP contribution in [0.1, 0.15) is 77.8 Å². The smallest absolute Gasteiger partial charge is 0.407 e. The lowest BCUT2D eigenvalue weighted by molar-refractivity contribution is 0.0471. The van der Waals surface area contributed by atoms with Gasteiger partial charge in [0.1, 0.15) is 23.5 Å². The number of carbonyl (C=O) groups excluding carboxylic acids is 1. The fraction of sp³-hybridized carbons (Fsp3) is 0.571. The lowest BCUT2D eigenvalue weighted by Crippen LogP contribution is -2.42. The maximum atomic E-state index is 12.2. The first-order valence-electron chi connectivity index (χ1n) is 13.0. The van der Waals surface area contributed by atoms with Crippen molar-refractivity contribution in [2.45, 2.75) is 96.3 Å². The minimum absolute atomic E-state index is 0.0353. The summed E-state index contributed by atoms with van der Waals surface area (Å²) in [5.74, 6) is 1.29. The molecule has 2 aliphatic carbocycles. The number of nitriles is 1. The Hall–Kier alpha value is -3.54. The van der Waals surface area contributed by atoms with Crippen LogP contribution in [0.5, 0.6) is 5.75 Å². The monoisotopic (exact) mass is 506 g/mol. The van der Waals surface area contributed by atoms with E-state index in [1.807, 2.05) is 26.8 Å². The molecule has 4 N–H and O–H groups in total. The van der Waals surface area contributed by atoms with Crippen molar-refractivity contribution in [3.05, 3.63) is 29.6 Å². The van der Waals surface area contributed by atoms with Crippen molar-refractivity contribution >= 4 is 17.6 Å². The Bertz CT molecular complexity index is 1190. The topological polar surface area (TPSA) is 135 Å². The second-order valence-electron chi connectivity index (χ2n) is 11.6. The summed E-state index contributed by atoms with van der Waals surface area (Å²) in [6, 6.07) is 6.32. The maximum absolute atomic E-state index is 12.2. The number of amides is 1. The van der Waals surface area contributed by atoms with Crippen LogP contribution < -0.4 is 21.1 Å². The number of benzene rings is 1. The molecule has 0 radical (unpaired) electrons. The minimum Gasteiger partial charge on any atom is -0.488 e. The van der Waals surface area contributed by atoms with E-state index in [2.05, 4.69) is 46.6 Å². The predicted molar refractivity (Wildman–Crippen MR) is 143 cm³/mol. The van der Waals surface area contributed by atoms with E-state index in [1.165, 1.54) is 6.33 Å². The second kappa shape index (κ2) is 10.4. The summed E-state index contributed by atoms with van der Waals surface area (Å²) >= 11 is 0. The number of anilines is 2. The van der Waals surface area contributed by atoms with Crippen LogP contribution in [0.4, 0.5) is 16.3 Å². The van der Waals surface area contributed by atoms with Gasteiger partial charge in [0.25, 0.3) is 0 Å². The highest BCUT2D eigenvalue weighted by Gasteiger charge is 2.37. The fourth-order valence-corrected chi connectivity index (χ4v) is 5.35. The summed E-state index contributed by atoms with van der Waals surface area (Å²) in [6.07, 6.45) is 5.60. The predicted octanol–water partition coefficient (Wildman–Crippen LogP) is 5.10. The third kappa shape index (κ3) is 6.07. The molecule has 9 nitrogen and oxygen atoms in total. The largest absolute Gasteiger partial charge is 0.488 e. The molecule has 1 saturated carbocycles. The molecular weight excluding hydrogens is 468 g/mol. The first-order valence-corrected chi connectivity index (χ1v) is 13.0. The lowest BCUT2D eigenvalue weighted by atomic mass is 9.71. The van der Waals surface area contributed by atoms with Gasteiger partial charge in [0.2, 0.25) is 0 Å². The number of ether oxygens (including phenoxy) is 2. The molecule has 0 atom stereocenters. The van der Waals surface area contributed by atoms with Gasteiger partial charge in [-0.25, -0.2) is 14.8 Å². The molecule has 0 bridgehead atoms. The molecule has 1 aromatic heterocycles. The van der Waals surface area contributed by atoms with E-state index in [1.54, 1.807) is 0 Å². The number of nitrogen functional groups attached to an aromatic ring is 1. The van der Waals surface area contributed by atoms with E-state index in [4.69, 9.17) is 20.5 Å². The van der Waals surface area contributed by atoms with Crippen molar-refractivity contribution < 1.29 is 14.3 Å². The summed E-state index contributed by atoms with van der Waals surface area (Å²) in [7, 11) is 0.